The van der Waals surface area contributed by atoms with Crippen molar-refractivity contribution in [3.63, 3.8) is 0 Å². The summed E-state index contributed by atoms with van der Waals surface area (Å²) >= 11 is 2.59. The Kier molecular flexibility index (Phi) is 3.36. The molecule has 0 heterocycles. The van der Waals surface area contributed by atoms with Crippen LogP contribution >= 0.6 is 15.9 Å². The molecule has 0 amide bonds. The Morgan fingerprint density at radius 2 is 1.94 bits per heavy atom. The minimum absolute atomic E-state index is 0.338. The molecule has 4 nitrogen and oxygen atoms in total. The zero-order valence-electron chi connectivity index (χ0n) is 7.22. The number of hydrogen-bond acceptors (Lipinski definition) is 3. The highest BCUT2D eigenvalue weighted by Gasteiger charge is 2.35. The van der Waals surface area contributed by atoms with E-state index in [2.05, 4.69) is 20.7 Å². The van der Waals surface area contributed by atoms with Crippen molar-refractivity contribution in [3.8, 4) is 5.75 Å². The molecule has 1 aromatic rings. The van der Waals surface area contributed by atoms with Gasteiger partial charge < -0.3 is 4.74 Å². The molecule has 0 N–H and O–H groups in total. The second-order valence-corrected chi connectivity index (χ2v) is 3.39. The molecule has 0 saturated carbocycles. The van der Waals surface area contributed by atoms with E-state index in [1.165, 1.54) is 0 Å². The van der Waals surface area contributed by atoms with Gasteiger partial charge in [0.15, 0.2) is 0 Å². The second-order valence-electron chi connectivity index (χ2n) is 2.54. The predicted octanol–water partition coefficient (Wildman–Crippen LogP) is 3.39. The van der Waals surface area contributed by atoms with Crippen LogP contribution in [0, 0.1) is 15.9 Å². The highest BCUT2D eigenvalue weighted by atomic mass is 79.9. The van der Waals surface area contributed by atoms with Crippen molar-refractivity contribution in [2.24, 2.45) is 0 Å². The van der Waals surface area contributed by atoms with Crippen molar-refractivity contribution in [2.45, 2.75) is 6.36 Å². The first-order valence-electron chi connectivity index (χ1n) is 3.60. The Bertz CT molecular complexity index is 434. The number of nitro groups is 1. The van der Waals surface area contributed by atoms with Crippen LogP contribution in [0.4, 0.5) is 23.2 Å². The van der Waals surface area contributed by atoms with Crippen molar-refractivity contribution in [1.82, 2.24) is 0 Å². The summed E-state index contributed by atoms with van der Waals surface area (Å²) in [5.74, 6) is -2.13. The molecular weight excluding hydrogens is 302 g/mol. The van der Waals surface area contributed by atoms with Gasteiger partial charge in [-0.15, -0.1) is 13.2 Å². The van der Waals surface area contributed by atoms with Crippen molar-refractivity contribution in [3.05, 3.63) is 32.5 Å². The van der Waals surface area contributed by atoms with Gasteiger partial charge in [-0.05, 0) is 15.9 Å². The zero-order chi connectivity index (χ0) is 12.5. The fraction of sp³-hybridized carbons (Fsp3) is 0.143. The van der Waals surface area contributed by atoms with Crippen LogP contribution < -0.4 is 4.74 Å². The monoisotopic (exact) mass is 303 g/mol. The van der Waals surface area contributed by atoms with Gasteiger partial charge in [0.25, 0.3) is 0 Å². The van der Waals surface area contributed by atoms with Gasteiger partial charge in [-0.1, -0.05) is 0 Å². The maximum atomic E-state index is 12.9. The zero-order valence-corrected chi connectivity index (χ0v) is 8.80. The quantitative estimate of drug-likeness (QED) is 0.478. The summed E-state index contributed by atoms with van der Waals surface area (Å²) < 4.78 is 51.5. The maximum absolute atomic E-state index is 12.9. The molecule has 0 aromatic heterocycles. The van der Waals surface area contributed by atoms with E-state index in [1.807, 2.05) is 0 Å². The molecular formula is C7H2BrF4NO3. The Morgan fingerprint density at radius 1 is 1.38 bits per heavy atom. The van der Waals surface area contributed by atoms with Crippen LogP contribution in [0.3, 0.4) is 0 Å². The summed E-state index contributed by atoms with van der Waals surface area (Å²) in [4.78, 5) is 9.18. The fourth-order valence-electron chi connectivity index (χ4n) is 0.867. The Balaban J connectivity index is 3.25. The highest BCUT2D eigenvalue weighted by Crippen LogP contribution is 2.35. The topological polar surface area (TPSA) is 52.4 Å². The van der Waals surface area contributed by atoms with E-state index < -0.39 is 28.5 Å². The average molecular weight is 304 g/mol. The van der Waals surface area contributed by atoms with Gasteiger partial charge in [0.1, 0.15) is 5.82 Å². The van der Waals surface area contributed by atoms with Crippen LogP contribution in [0.2, 0.25) is 0 Å². The van der Waals surface area contributed by atoms with Gasteiger partial charge in [-0.3, -0.25) is 10.1 Å². The van der Waals surface area contributed by atoms with Crippen LogP contribution in [0.5, 0.6) is 5.75 Å². The molecule has 0 aliphatic heterocycles. The lowest BCUT2D eigenvalue weighted by atomic mass is 10.3. The predicted molar refractivity (Wildman–Crippen MR) is 47.4 cm³/mol. The third-order valence-corrected chi connectivity index (χ3v) is 2.03. The number of benzene rings is 1. The van der Waals surface area contributed by atoms with Crippen LogP contribution in [-0.2, 0) is 0 Å². The summed E-state index contributed by atoms with van der Waals surface area (Å²) in [7, 11) is 0. The van der Waals surface area contributed by atoms with E-state index in [1.54, 1.807) is 0 Å². The SMILES string of the molecule is O=[N+]([O-])c1cc(F)c(Br)cc1OC(F)(F)F. The summed E-state index contributed by atoms with van der Waals surface area (Å²) in [6.45, 7) is 0. The Labute approximate surface area is 94.1 Å². The summed E-state index contributed by atoms with van der Waals surface area (Å²) in [6, 6.07) is 0.881. The van der Waals surface area contributed by atoms with Crippen molar-refractivity contribution in [2.75, 3.05) is 0 Å². The van der Waals surface area contributed by atoms with Crippen LogP contribution in [-0.4, -0.2) is 11.3 Å². The highest BCUT2D eigenvalue weighted by molar-refractivity contribution is 9.10. The lowest BCUT2D eigenvalue weighted by molar-refractivity contribution is -0.388. The molecule has 0 bridgehead atoms. The number of nitro benzene ring substituents is 1. The lowest BCUT2D eigenvalue weighted by Crippen LogP contribution is -2.18. The number of ether oxygens (including phenoxy) is 1. The molecule has 0 spiro atoms. The standard InChI is InChI=1S/C7H2BrF4NO3/c8-3-1-6(16-7(10,11)12)5(13(14)15)2-4(3)9/h1-2H. The molecule has 0 atom stereocenters. The largest absolute Gasteiger partial charge is 0.573 e. The van der Waals surface area contributed by atoms with Gasteiger partial charge in [0.05, 0.1) is 15.5 Å². The number of alkyl halides is 3. The summed E-state index contributed by atoms with van der Waals surface area (Å²) in [5.41, 5.74) is -1.10. The van der Waals surface area contributed by atoms with Crippen LogP contribution in [0.25, 0.3) is 0 Å². The summed E-state index contributed by atoms with van der Waals surface area (Å²) in [6.07, 6.45) is -5.08. The first-order chi connectivity index (χ1) is 7.20. The van der Waals surface area contributed by atoms with Gasteiger partial charge in [0, 0.05) is 6.07 Å². The number of nitrogens with zero attached hydrogens (tertiary/aromatic N) is 1. The molecule has 0 aliphatic carbocycles. The van der Waals surface area contributed by atoms with Gasteiger partial charge in [-0.2, -0.15) is 0 Å². The molecule has 0 radical (unpaired) electrons. The average Bonchev–Trinajstić information content (AvgIpc) is 2.07. The van der Waals surface area contributed by atoms with E-state index in [-0.39, 0.29) is 4.47 Å². The smallest absolute Gasteiger partial charge is 0.398 e. The second kappa shape index (κ2) is 4.24. The number of hydrogen-bond donors (Lipinski definition) is 0. The molecule has 16 heavy (non-hydrogen) atoms. The molecule has 1 rings (SSSR count). The molecule has 0 unspecified atom stereocenters. The molecule has 0 fully saturated rings. The minimum atomic E-state index is -5.08. The molecule has 88 valence electrons. The third kappa shape index (κ3) is 3.05. The maximum Gasteiger partial charge on any atom is 0.573 e. The summed E-state index contributed by atoms with van der Waals surface area (Å²) in [5, 5.41) is 10.3. The molecule has 0 saturated heterocycles. The third-order valence-electron chi connectivity index (χ3n) is 1.42. The van der Waals surface area contributed by atoms with E-state index in [9.17, 15) is 27.7 Å². The van der Waals surface area contributed by atoms with Crippen molar-refractivity contribution >= 4 is 21.6 Å². The molecule has 9 heteroatoms. The molecule has 1 aromatic carbocycles. The van der Waals surface area contributed by atoms with Crippen molar-refractivity contribution in [1.29, 1.82) is 0 Å². The first-order valence-corrected chi connectivity index (χ1v) is 4.39. The Hall–Kier alpha value is -1.38. The van der Waals surface area contributed by atoms with E-state index in [0.29, 0.717) is 12.1 Å². The van der Waals surface area contributed by atoms with E-state index in [0.717, 1.165) is 0 Å². The number of halogens is 5. The Morgan fingerprint density at radius 3 is 2.38 bits per heavy atom. The number of rotatable bonds is 2. The van der Waals surface area contributed by atoms with Crippen LogP contribution in [0.1, 0.15) is 0 Å². The van der Waals surface area contributed by atoms with Crippen molar-refractivity contribution < 1.29 is 27.2 Å². The van der Waals surface area contributed by atoms with Crippen LogP contribution in [0.15, 0.2) is 16.6 Å². The normalized spacial score (nSPS) is 11.3. The van der Waals surface area contributed by atoms with Gasteiger partial charge in [0.2, 0.25) is 5.75 Å². The molecule has 0 aliphatic rings. The van der Waals surface area contributed by atoms with E-state index >= 15 is 0 Å². The lowest BCUT2D eigenvalue weighted by Gasteiger charge is -2.09. The van der Waals surface area contributed by atoms with Gasteiger partial charge in [-0.25, -0.2) is 4.39 Å². The fourth-order valence-corrected chi connectivity index (χ4v) is 1.19. The van der Waals surface area contributed by atoms with E-state index in [4.69, 9.17) is 0 Å². The first kappa shape index (κ1) is 12.7. The van der Waals surface area contributed by atoms with Gasteiger partial charge >= 0.3 is 12.0 Å². The minimum Gasteiger partial charge on any atom is -0.398 e.